The molecule has 20 heavy (non-hydrogen) atoms. The predicted octanol–water partition coefficient (Wildman–Crippen LogP) is 2.48. The molecule has 0 saturated carbocycles. The number of likely N-dealkylation sites (tertiary alicyclic amines) is 1. The number of nitrogens with zero attached hydrogens (tertiary/aromatic N) is 1. The van der Waals surface area contributed by atoms with Crippen LogP contribution in [0.5, 0.6) is 11.5 Å². The maximum absolute atomic E-state index is 12.5. The third-order valence-corrected chi connectivity index (χ3v) is 3.85. The Hall–Kier alpha value is -1.97. The lowest BCUT2D eigenvalue weighted by Crippen LogP contribution is -2.38. The molecule has 0 bridgehead atoms. The second-order valence-corrected chi connectivity index (χ2v) is 5.21. The van der Waals surface area contributed by atoms with E-state index in [4.69, 9.17) is 9.47 Å². The summed E-state index contributed by atoms with van der Waals surface area (Å²) in [5, 5.41) is 0. The molecule has 0 aliphatic carbocycles. The summed E-state index contributed by atoms with van der Waals surface area (Å²) >= 11 is 0. The van der Waals surface area contributed by atoms with Gasteiger partial charge in [-0.15, -0.1) is 0 Å². The number of piperidine rings is 1. The average Bonchev–Trinajstić information content (AvgIpc) is 2.54. The number of carbonyl (C=O) groups is 1. The van der Waals surface area contributed by atoms with Crippen molar-refractivity contribution in [1.82, 2.24) is 4.90 Å². The summed E-state index contributed by atoms with van der Waals surface area (Å²) in [6, 6.07) is 5.65. The zero-order valence-electron chi connectivity index (χ0n) is 11.7. The second-order valence-electron chi connectivity index (χ2n) is 5.21. The number of fused-ring (bicyclic) bond motifs is 1. The highest BCUT2D eigenvalue weighted by molar-refractivity contribution is 5.99. The second kappa shape index (κ2) is 5.57. The molecular formula is C16H19NO3. The van der Waals surface area contributed by atoms with Gasteiger partial charge in [0, 0.05) is 18.7 Å². The smallest absolute Gasteiger partial charge is 0.253 e. The summed E-state index contributed by atoms with van der Waals surface area (Å²) in [4.78, 5) is 14.4. The highest BCUT2D eigenvalue weighted by Crippen LogP contribution is 2.30. The number of methoxy groups -OCH3 is 1. The van der Waals surface area contributed by atoms with Gasteiger partial charge in [0.15, 0.2) is 0 Å². The van der Waals surface area contributed by atoms with Gasteiger partial charge in [-0.1, -0.05) is 0 Å². The monoisotopic (exact) mass is 273 g/mol. The molecule has 4 heteroatoms. The van der Waals surface area contributed by atoms with Crippen LogP contribution in [0.2, 0.25) is 0 Å². The van der Waals surface area contributed by atoms with Crippen molar-refractivity contribution in [2.75, 3.05) is 26.8 Å². The molecule has 0 spiro atoms. The van der Waals surface area contributed by atoms with Crippen molar-refractivity contribution in [3.8, 4) is 11.5 Å². The van der Waals surface area contributed by atoms with Crippen LogP contribution >= 0.6 is 0 Å². The minimum Gasteiger partial charge on any atom is -0.497 e. The molecule has 2 heterocycles. The Kier molecular flexibility index (Phi) is 3.63. The number of rotatable bonds is 2. The van der Waals surface area contributed by atoms with Crippen molar-refractivity contribution in [3.63, 3.8) is 0 Å². The van der Waals surface area contributed by atoms with Gasteiger partial charge in [-0.3, -0.25) is 4.79 Å². The zero-order valence-corrected chi connectivity index (χ0v) is 11.7. The molecule has 2 aliphatic rings. The molecule has 1 aromatic rings. The van der Waals surface area contributed by atoms with Gasteiger partial charge in [0.1, 0.15) is 18.1 Å². The molecule has 1 fully saturated rings. The van der Waals surface area contributed by atoms with E-state index in [1.807, 2.05) is 29.2 Å². The van der Waals surface area contributed by atoms with E-state index in [2.05, 4.69) is 0 Å². The van der Waals surface area contributed by atoms with E-state index in [1.165, 1.54) is 6.42 Å². The Labute approximate surface area is 119 Å². The molecule has 1 aromatic carbocycles. The maximum atomic E-state index is 12.5. The van der Waals surface area contributed by atoms with E-state index in [0.29, 0.717) is 6.61 Å². The standard InChI is InChI=1S/C16H19NO3/c1-19-14-5-6-15-12(10-14)9-13(11-20-15)16(18)17-7-3-2-4-8-17/h5-6,9-10H,2-4,7-8,11H2,1H3. The topological polar surface area (TPSA) is 38.8 Å². The first-order chi connectivity index (χ1) is 9.78. The van der Waals surface area contributed by atoms with Crippen LogP contribution < -0.4 is 9.47 Å². The van der Waals surface area contributed by atoms with Crippen LogP contribution in [-0.2, 0) is 4.79 Å². The fourth-order valence-corrected chi connectivity index (χ4v) is 2.71. The molecule has 0 atom stereocenters. The number of ether oxygens (including phenoxy) is 2. The highest BCUT2D eigenvalue weighted by atomic mass is 16.5. The molecule has 0 unspecified atom stereocenters. The van der Waals surface area contributed by atoms with E-state index < -0.39 is 0 Å². The van der Waals surface area contributed by atoms with E-state index in [9.17, 15) is 4.79 Å². The van der Waals surface area contributed by atoms with Crippen molar-refractivity contribution in [1.29, 1.82) is 0 Å². The summed E-state index contributed by atoms with van der Waals surface area (Å²) in [5.41, 5.74) is 1.64. The van der Waals surface area contributed by atoms with Gasteiger partial charge < -0.3 is 14.4 Å². The maximum Gasteiger partial charge on any atom is 0.253 e. The number of benzene rings is 1. The summed E-state index contributed by atoms with van der Waals surface area (Å²) in [6.45, 7) is 2.08. The van der Waals surface area contributed by atoms with Crippen molar-refractivity contribution >= 4 is 12.0 Å². The lowest BCUT2D eigenvalue weighted by Gasteiger charge is -2.28. The number of hydrogen-bond donors (Lipinski definition) is 0. The van der Waals surface area contributed by atoms with E-state index >= 15 is 0 Å². The van der Waals surface area contributed by atoms with Gasteiger partial charge in [-0.2, -0.15) is 0 Å². The number of hydrogen-bond acceptors (Lipinski definition) is 3. The van der Waals surface area contributed by atoms with Crippen LogP contribution in [0.15, 0.2) is 23.8 Å². The largest absolute Gasteiger partial charge is 0.497 e. The minimum absolute atomic E-state index is 0.109. The summed E-state index contributed by atoms with van der Waals surface area (Å²) in [7, 11) is 1.63. The Balaban J connectivity index is 1.83. The van der Waals surface area contributed by atoms with Crippen LogP contribution in [0.1, 0.15) is 24.8 Å². The van der Waals surface area contributed by atoms with Gasteiger partial charge >= 0.3 is 0 Å². The van der Waals surface area contributed by atoms with Crippen molar-refractivity contribution in [2.24, 2.45) is 0 Å². The lowest BCUT2D eigenvalue weighted by molar-refractivity contribution is -0.128. The highest BCUT2D eigenvalue weighted by Gasteiger charge is 2.23. The molecule has 0 aromatic heterocycles. The quantitative estimate of drug-likeness (QED) is 0.831. The van der Waals surface area contributed by atoms with Crippen molar-refractivity contribution in [3.05, 3.63) is 29.3 Å². The normalized spacial score (nSPS) is 17.9. The number of amides is 1. The molecule has 1 amide bonds. The SMILES string of the molecule is COc1ccc2c(c1)C=C(C(=O)N1CCCCC1)CO2. The first-order valence-electron chi connectivity index (χ1n) is 7.08. The first-order valence-corrected chi connectivity index (χ1v) is 7.08. The Morgan fingerprint density at radius 3 is 2.80 bits per heavy atom. The molecule has 1 saturated heterocycles. The first kappa shape index (κ1) is 13.0. The van der Waals surface area contributed by atoms with Gasteiger partial charge in [0.2, 0.25) is 0 Å². The van der Waals surface area contributed by atoms with Gasteiger partial charge in [0.25, 0.3) is 5.91 Å². The average molecular weight is 273 g/mol. The Bertz CT molecular complexity index is 545. The molecule has 106 valence electrons. The van der Waals surface area contributed by atoms with E-state index in [1.54, 1.807) is 7.11 Å². The van der Waals surface area contributed by atoms with Crippen LogP contribution in [0, 0.1) is 0 Å². The summed E-state index contributed by atoms with van der Waals surface area (Å²) < 4.78 is 10.9. The number of carbonyl (C=O) groups excluding carboxylic acids is 1. The molecule has 0 radical (unpaired) electrons. The molecular weight excluding hydrogens is 254 g/mol. The van der Waals surface area contributed by atoms with Crippen molar-refractivity contribution < 1.29 is 14.3 Å². The summed E-state index contributed by atoms with van der Waals surface area (Å²) in [6.07, 6.45) is 5.35. The lowest BCUT2D eigenvalue weighted by atomic mass is 10.0. The molecule has 3 rings (SSSR count). The van der Waals surface area contributed by atoms with Crippen LogP contribution in [0.25, 0.3) is 6.08 Å². The Morgan fingerprint density at radius 1 is 1.25 bits per heavy atom. The van der Waals surface area contributed by atoms with Gasteiger partial charge in [0.05, 0.1) is 12.7 Å². The van der Waals surface area contributed by atoms with Gasteiger partial charge in [-0.25, -0.2) is 0 Å². The zero-order chi connectivity index (χ0) is 13.9. The molecule has 4 nitrogen and oxygen atoms in total. The van der Waals surface area contributed by atoms with Crippen molar-refractivity contribution in [2.45, 2.75) is 19.3 Å². The summed E-state index contributed by atoms with van der Waals surface area (Å²) in [5.74, 6) is 1.69. The fourth-order valence-electron chi connectivity index (χ4n) is 2.71. The fraction of sp³-hybridized carbons (Fsp3) is 0.438. The van der Waals surface area contributed by atoms with Crippen LogP contribution in [0.3, 0.4) is 0 Å². The Morgan fingerprint density at radius 2 is 2.05 bits per heavy atom. The van der Waals surface area contributed by atoms with Crippen LogP contribution in [0.4, 0.5) is 0 Å². The predicted molar refractivity (Wildman–Crippen MR) is 76.9 cm³/mol. The third kappa shape index (κ3) is 2.50. The molecule has 2 aliphatic heterocycles. The molecule has 0 N–H and O–H groups in total. The van der Waals surface area contributed by atoms with Crippen LogP contribution in [-0.4, -0.2) is 37.6 Å². The van der Waals surface area contributed by atoms with E-state index in [0.717, 1.165) is 48.6 Å². The van der Waals surface area contributed by atoms with Gasteiger partial charge in [-0.05, 0) is 43.5 Å². The third-order valence-electron chi connectivity index (χ3n) is 3.85. The van der Waals surface area contributed by atoms with E-state index in [-0.39, 0.29) is 5.91 Å². The minimum atomic E-state index is 0.109.